The topological polar surface area (TPSA) is 160 Å². The van der Waals surface area contributed by atoms with Crippen LogP contribution in [0.5, 0.6) is 0 Å². The van der Waals surface area contributed by atoms with Gasteiger partial charge in [0.2, 0.25) is 0 Å². The maximum absolute atomic E-state index is 11.2. The van der Waals surface area contributed by atoms with Gasteiger partial charge in [-0.15, -0.1) is 0 Å². The second-order valence-electron chi connectivity index (χ2n) is 7.22. The van der Waals surface area contributed by atoms with Crippen LogP contribution in [0.25, 0.3) is 0 Å². The van der Waals surface area contributed by atoms with Crippen LogP contribution in [0.2, 0.25) is 0 Å². The molecule has 0 aromatic rings. The lowest BCUT2D eigenvalue weighted by atomic mass is 10.3. The summed E-state index contributed by atoms with van der Waals surface area (Å²) in [5.74, 6) is -2.65. The average Bonchev–Trinajstić information content (AvgIpc) is 2.65. The predicted octanol–water partition coefficient (Wildman–Crippen LogP) is -1.12. The SMILES string of the molecule is CCCN(CCN(CCN(CCCN)CCNCCC(=O)O)CC(=O)O)CC(=O)O. The Morgan fingerprint density at radius 3 is 1.73 bits per heavy atom. The van der Waals surface area contributed by atoms with E-state index in [1.807, 2.05) is 16.7 Å². The molecule has 0 aromatic heterocycles. The van der Waals surface area contributed by atoms with Crippen LogP contribution in [0.4, 0.5) is 0 Å². The Labute approximate surface area is 178 Å². The Hall–Kier alpha value is -1.79. The van der Waals surface area contributed by atoms with Crippen LogP contribution in [0.3, 0.4) is 0 Å². The molecule has 0 aromatic carbocycles. The minimum atomic E-state index is -0.917. The van der Waals surface area contributed by atoms with Gasteiger partial charge in [-0.2, -0.15) is 0 Å². The number of nitrogens with zero attached hydrogens (tertiary/aromatic N) is 3. The molecular formula is C19H39N5O6. The van der Waals surface area contributed by atoms with E-state index in [0.29, 0.717) is 58.9 Å². The van der Waals surface area contributed by atoms with Gasteiger partial charge in [0, 0.05) is 45.8 Å². The Morgan fingerprint density at radius 2 is 1.27 bits per heavy atom. The molecule has 0 amide bonds. The van der Waals surface area contributed by atoms with E-state index in [4.69, 9.17) is 15.9 Å². The van der Waals surface area contributed by atoms with Crippen molar-refractivity contribution < 1.29 is 29.7 Å². The lowest BCUT2D eigenvalue weighted by molar-refractivity contribution is -0.140. The second-order valence-corrected chi connectivity index (χ2v) is 7.22. The first-order valence-corrected chi connectivity index (χ1v) is 10.5. The molecule has 0 rings (SSSR count). The third-order valence-electron chi connectivity index (χ3n) is 4.52. The van der Waals surface area contributed by atoms with Crippen molar-refractivity contribution in [2.24, 2.45) is 5.73 Å². The van der Waals surface area contributed by atoms with E-state index in [2.05, 4.69) is 10.2 Å². The fourth-order valence-corrected chi connectivity index (χ4v) is 3.01. The third-order valence-corrected chi connectivity index (χ3v) is 4.52. The van der Waals surface area contributed by atoms with Crippen LogP contribution in [-0.2, 0) is 14.4 Å². The van der Waals surface area contributed by atoms with Crippen molar-refractivity contribution >= 4 is 17.9 Å². The molecule has 11 nitrogen and oxygen atoms in total. The first kappa shape index (κ1) is 28.2. The smallest absolute Gasteiger partial charge is 0.317 e. The van der Waals surface area contributed by atoms with Gasteiger partial charge in [-0.25, -0.2) is 0 Å². The number of carboxylic acid groups (broad SMARTS) is 3. The highest BCUT2D eigenvalue weighted by Gasteiger charge is 2.15. The molecule has 0 saturated carbocycles. The Bertz CT molecular complexity index is 494. The van der Waals surface area contributed by atoms with E-state index in [9.17, 15) is 19.5 Å². The van der Waals surface area contributed by atoms with Gasteiger partial charge in [0.05, 0.1) is 19.5 Å². The Morgan fingerprint density at radius 1 is 0.733 bits per heavy atom. The highest BCUT2D eigenvalue weighted by molar-refractivity contribution is 5.69. The molecule has 0 bridgehead atoms. The van der Waals surface area contributed by atoms with Gasteiger partial charge in [-0.05, 0) is 32.5 Å². The minimum Gasteiger partial charge on any atom is -0.481 e. The van der Waals surface area contributed by atoms with Crippen molar-refractivity contribution in [3.63, 3.8) is 0 Å². The number of carboxylic acids is 3. The number of aliphatic carboxylic acids is 3. The number of nitrogens with two attached hydrogens (primary N) is 1. The fraction of sp³-hybridized carbons (Fsp3) is 0.842. The van der Waals surface area contributed by atoms with Crippen LogP contribution >= 0.6 is 0 Å². The van der Waals surface area contributed by atoms with Gasteiger partial charge in [-0.1, -0.05) is 6.92 Å². The summed E-state index contributed by atoms with van der Waals surface area (Å²) in [7, 11) is 0. The van der Waals surface area contributed by atoms with E-state index < -0.39 is 17.9 Å². The molecular weight excluding hydrogens is 394 g/mol. The largest absolute Gasteiger partial charge is 0.481 e. The van der Waals surface area contributed by atoms with Crippen molar-refractivity contribution in [1.82, 2.24) is 20.0 Å². The van der Waals surface area contributed by atoms with Crippen molar-refractivity contribution in [1.29, 1.82) is 0 Å². The van der Waals surface area contributed by atoms with Crippen molar-refractivity contribution in [2.75, 3.05) is 78.5 Å². The van der Waals surface area contributed by atoms with E-state index in [1.165, 1.54) is 0 Å². The summed E-state index contributed by atoms with van der Waals surface area (Å²) < 4.78 is 0. The zero-order valence-electron chi connectivity index (χ0n) is 18.1. The molecule has 6 N–H and O–H groups in total. The summed E-state index contributed by atoms with van der Waals surface area (Å²) in [4.78, 5) is 38.6. The number of hydrogen-bond donors (Lipinski definition) is 5. The van der Waals surface area contributed by atoms with E-state index in [-0.39, 0.29) is 19.5 Å². The lowest BCUT2D eigenvalue weighted by Gasteiger charge is -2.29. The molecule has 30 heavy (non-hydrogen) atoms. The van der Waals surface area contributed by atoms with Crippen LogP contribution in [-0.4, -0.2) is 126 Å². The normalized spacial score (nSPS) is 11.5. The standard InChI is InChI=1S/C19H39N5O6/c1-2-8-23(15-18(27)28)13-14-24(16-19(29)30)12-11-22(9-3-5-20)10-7-21-6-4-17(25)26/h21H,2-16,20H2,1H3,(H,25,26)(H,27,28)(H,29,30). The minimum absolute atomic E-state index is 0.0562. The summed E-state index contributed by atoms with van der Waals surface area (Å²) in [6.07, 6.45) is 1.71. The Balaban J connectivity index is 4.61. The molecule has 0 fully saturated rings. The molecule has 0 aliphatic rings. The molecule has 0 spiro atoms. The van der Waals surface area contributed by atoms with Crippen molar-refractivity contribution in [3.8, 4) is 0 Å². The van der Waals surface area contributed by atoms with Crippen LogP contribution < -0.4 is 11.1 Å². The lowest BCUT2D eigenvalue weighted by Crippen LogP contribution is -2.44. The number of rotatable bonds is 21. The van der Waals surface area contributed by atoms with Gasteiger partial charge in [0.1, 0.15) is 0 Å². The molecule has 0 saturated heterocycles. The Kier molecular flexibility index (Phi) is 16.9. The molecule has 0 unspecified atom stereocenters. The molecule has 0 aliphatic carbocycles. The first-order chi connectivity index (χ1) is 14.3. The van der Waals surface area contributed by atoms with E-state index in [0.717, 1.165) is 19.4 Å². The monoisotopic (exact) mass is 433 g/mol. The van der Waals surface area contributed by atoms with E-state index in [1.54, 1.807) is 0 Å². The van der Waals surface area contributed by atoms with Gasteiger partial charge < -0.3 is 31.3 Å². The van der Waals surface area contributed by atoms with Gasteiger partial charge >= 0.3 is 17.9 Å². The quantitative estimate of drug-likeness (QED) is 0.140. The summed E-state index contributed by atoms with van der Waals surface area (Å²) >= 11 is 0. The summed E-state index contributed by atoms with van der Waals surface area (Å²) in [6, 6.07) is 0. The van der Waals surface area contributed by atoms with E-state index >= 15 is 0 Å². The molecule has 0 radical (unpaired) electrons. The summed E-state index contributed by atoms with van der Waals surface area (Å²) in [6.45, 7) is 7.72. The molecule has 0 heterocycles. The maximum atomic E-state index is 11.2. The summed E-state index contributed by atoms with van der Waals surface area (Å²) in [5, 5.41) is 30.0. The van der Waals surface area contributed by atoms with Gasteiger partial charge in [-0.3, -0.25) is 24.2 Å². The molecule has 176 valence electrons. The zero-order valence-corrected chi connectivity index (χ0v) is 18.1. The second kappa shape index (κ2) is 18.0. The number of hydrogen-bond acceptors (Lipinski definition) is 8. The summed E-state index contributed by atoms with van der Waals surface area (Å²) in [5.41, 5.74) is 5.61. The molecule has 11 heteroatoms. The van der Waals surface area contributed by atoms with Crippen LogP contribution in [0.15, 0.2) is 0 Å². The first-order valence-electron chi connectivity index (χ1n) is 10.5. The predicted molar refractivity (Wildman–Crippen MR) is 114 cm³/mol. The van der Waals surface area contributed by atoms with Crippen molar-refractivity contribution in [3.05, 3.63) is 0 Å². The maximum Gasteiger partial charge on any atom is 0.317 e. The average molecular weight is 434 g/mol. The van der Waals surface area contributed by atoms with Crippen LogP contribution in [0.1, 0.15) is 26.2 Å². The number of carbonyl (C=O) groups is 3. The van der Waals surface area contributed by atoms with Gasteiger partial charge in [0.15, 0.2) is 0 Å². The molecule has 0 aliphatic heterocycles. The third kappa shape index (κ3) is 17.1. The zero-order chi connectivity index (χ0) is 22.8. The highest BCUT2D eigenvalue weighted by atomic mass is 16.4. The van der Waals surface area contributed by atoms with Crippen LogP contribution in [0, 0.1) is 0 Å². The number of nitrogens with one attached hydrogen (secondary N) is 1. The fourth-order valence-electron chi connectivity index (χ4n) is 3.01. The van der Waals surface area contributed by atoms with Gasteiger partial charge in [0.25, 0.3) is 0 Å². The van der Waals surface area contributed by atoms with Crippen molar-refractivity contribution in [2.45, 2.75) is 26.2 Å². The highest BCUT2D eigenvalue weighted by Crippen LogP contribution is 1.98. The molecule has 0 atom stereocenters.